The number of carbonyl (C=O) groups is 4. The van der Waals surface area contributed by atoms with Crippen LogP contribution in [-0.2, 0) is 28.7 Å². The van der Waals surface area contributed by atoms with Crippen molar-refractivity contribution in [3.05, 3.63) is 23.5 Å². The number of alkyl halides is 2. The molecule has 5 aliphatic rings. The van der Waals surface area contributed by atoms with Crippen LogP contribution in [0, 0.1) is 28.6 Å². The summed E-state index contributed by atoms with van der Waals surface area (Å²) < 4.78 is 43.5. The Morgan fingerprint density at radius 1 is 1.16 bits per heavy atom. The Labute approximate surface area is 224 Å². The smallest absolute Gasteiger partial charge is 0.319 e. The minimum absolute atomic E-state index is 0.00914. The first kappa shape index (κ1) is 27.5. The monoisotopic (exact) mass is 552 g/mol. The van der Waals surface area contributed by atoms with Crippen molar-refractivity contribution >= 4 is 34.6 Å². The average Bonchev–Trinajstić information content (AvgIpc) is 3.46. The molecular weight excluding hydrogens is 518 g/mol. The summed E-state index contributed by atoms with van der Waals surface area (Å²) >= 11 is 0.597. The molecule has 208 valence electrons. The molecule has 2 unspecified atom stereocenters. The van der Waals surface area contributed by atoms with Crippen LogP contribution < -0.4 is 0 Å². The van der Waals surface area contributed by atoms with Crippen molar-refractivity contribution in [1.29, 1.82) is 0 Å². The van der Waals surface area contributed by atoms with E-state index in [0.29, 0.717) is 24.6 Å². The fourth-order valence-corrected chi connectivity index (χ4v) is 8.62. The summed E-state index contributed by atoms with van der Waals surface area (Å²) in [7, 11) is 0. The van der Waals surface area contributed by atoms with Crippen molar-refractivity contribution in [1.82, 2.24) is 0 Å². The van der Waals surface area contributed by atoms with Crippen LogP contribution in [0.1, 0.15) is 65.7 Å². The van der Waals surface area contributed by atoms with E-state index in [9.17, 15) is 24.3 Å². The van der Waals surface area contributed by atoms with Gasteiger partial charge in [-0.15, -0.1) is 0 Å². The van der Waals surface area contributed by atoms with Gasteiger partial charge in [0.25, 0.3) is 0 Å². The third-order valence-corrected chi connectivity index (χ3v) is 11.2. The summed E-state index contributed by atoms with van der Waals surface area (Å²) in [4.78, 5) is 49.9. The second-order valence-electron chi connectivity index (χ2n) is 12.0. The molecule has 38 heavy (non-hydrogen) atoms. The standard InChI is InChI=1S/C28H34F2O7S/c1-14(22(32)25(35)38-20-6-10-36-24(20)34)23(33)37-21-12-15(31)11-18-19(29)13-17-16-5-4-7-26(16,2)8-9-28(17,30)27(18,21)3/h11-12,14,16-17,19-20,22,32H,4-10,13H2,1-3H3/t14?,16-,17-,19-,20-,22?,26-,27+,28+/m0/s1. The number of thioether (sulfide) groups is 1. The van der Waals surface area contributed by atoms with Gasteiger partial charge < -0.3 is 14.6 Å². The van der Waals surface area contributed by atoms with Crippen LogP contribution in [0.3, 0.4) is 0 Å². The van der Waals surface area contributed by atoms with E-state index in [2.05, 4.69) is 6.92 Å². The minimum Gasteiger partial charge on any atom is -0.465 e. The van der Waals surface area contributed by atoms with E-state index < -0.39 is 63.3 Å². The zero-order valence-corrected chi connectivity index (χ0v) is 22.7. The number of fused-ring (bicyclic) bond motifs is 5. The summed E-state index contributed by atoms with van der Waals surface area (Å²) in [6, 6.07) is 0. The van der Waals surface area contributed by atoms with Crippen molar-refractivity contribution in [2.45, 2.75) is 88.9 Å². The maximum Gasteiger partial charge on any atom is 0.319 e. The van der Waals surface area contributed by atoms with E-state index in [1.807, 2.05) is 0 Å². The number of hydrogen-bond donors (Lipinski definition) is 1. The Morgan fingerprint density at radius 2 is 1.89 bits per heavy atom. The number of carbonyl (C=O) groups excluding carboxylic acids is 4. The molecule has 0 radical (unpaired) electrons. The molecule has 1 saturated heterocycles. The Morgan fingerprint density at radius 3 is 2.58 bits per heavy atom. The van der Waals surface area contributed by atoms with E-state index in [1.54, 1.807) is 0 Å². The van der Waals surface area contributed by atoms with Gasteiger partial charge in [0.1, 0.15) is 29.0 Å². The molecule has 3 saturated carbocycles. The number of ketones is 1. The van der Waals surface area contributed by atoms with Crippen molar-refractivity contribution in [3.63, 3.8) is 0 Å². The first-order chi connectivity index (χ1) is 17.8. The molecule has 7 nitrogen and oxygen atoms in total. The summed E-state index contributed by atoms with van der Waals surface area (Å²) in [5.41, 5.74) is -3.70. The Hall–Kier alpha value is -2.07. The predicted molar refractivity (Wildman–Crippen MR) is 134 cm³/mol. The fourth-order valence-electron chi connectivity index (χ4n) is 7.61. The lowest BCUT2D eigenvalue weighted by Crippen LogP contribution is -2.63. The number of aliphatic hydroxyl groups excluding tert-OH is 1. The molecule has 9 atom stereocenters. The number of allylic oxidation sites excluding steroid dienone is 3. The van der Waals surface area contributed by atoms with Crippen LogP contribution in [0.5, 0.6) is 0 Å². The van der Waals surface area contributed by atoms with E-state index >= 15 is 8.78 Å². The first-order valence-electron chi connectivity index (χ1n) is 13.4. The lowest BCUT2D eigenvalue weighted by molar-refractivity contribution is -0.164. The Balaban J connectivity index is 1.40. The van der Waals surface area contributed by atoms with Gasteiger partial charge in [0.05, 0.1) is 17.9 Å². The minimum atomic E-state index is -1.93. The van der Waals surface area contributed by atoms with E-state index in [-0.39, 0.29) is 42.1 Å². The average molecular weight is 553 g/mol. The maximum absolute atomic E-state index is 17.4. The summed E-state index contributed by atoms with van der Waals surface area (Å²) in [6.07, 6.45) is 2.60. The maximum atomic E-state index is 17.4. The SMILES string of the molecule is CC(C(=O)OC1=CC(=O)C=C2[C@@H](F)C[C@H]3[C@@H]4CCC[C@@]4(C)CC[C@]3(F)[C@@]12C)C(O)C(=O)S[C@H]1CCOC1=O. The zero-order valence-electron chi connectivity index (χ0n) is 21.8. The van der Waals surface area contributed by atoms with Crippen LogP contribution in [0.15, 0.2) is 23.5 Å². The molecule has 1 heterocycles. The fraction of sp³-hybridized carbons (Fsp3) is 0.714. The lowest BCUT2D eigenvalue weighted by atomic mass is 9.46. The van der Waals surface area contributed by atoms with Gasteiger partial charge in [0, 0.05) is 18.4 Å². The second-order valence-corrected chi connectivity index (χ2v) is 13.2. The van der Waals surface area contributed by atoms with E-state index in [1.165, 1.54) is 13.8 Å². The normalized spacial score (nSPS) is 41.6. The molecule has 0 aromatic heterocycles. The van der Waals surface area contributed by atoms with Crippen molar-refractivity contribution in [2.75, 3.05) is 6.61 Å². The first-order valence-corrected chi connectivity index (χ1v) is 14.3. The quantitative estimate of drug-likeness (QED) is 0.507. The number of halogens is 2. The number of ether oxygens (including phenoxy) is 2. The molecule has 0 bridgehead atoms. The molecule has 0 amide bonds. The van der Waals surface area contributed by atoms with Crippen LogP contribution in [0.4, 0.5) is 8.78 Å². The van der Waals surface area contributed by atoms with Gasteiger partial charge in [-0.1, -0.05) is 25.1 Å². The lowest BCUT2D eigenvalue weighted by Gasteiger charge is -2.60. The number of rotatable bonds is 5. The van der Waals surface area contributed by atoms with Gasteiger partial charge in [-0.2, -0.15) is 0 Å². The van der Waals surface area contributed by atoms with Gasteiger partial charge in [0.2, 0.25) is 5.12 Å². The molecule has 0 aromatic carbocycles. The molecule has 4 aliphatic carbocycles. The Bertz CT molecular complexity index is 1140. The van der Waals surface area contributed by atoms with Gasteiger partial charge in [-0.25, -0.2) is 8.78 Å². The molecule has 10 heteroatoms. The second kappa shape index (κ2) is 9.54. The van der Waals surface area contributed by atoms with Crippen LogP contribution in [0.2, 0.25) is 0 Å². The molecular formula is C28H34F2O7S. The van der Waals surface area contributed by atoms with Gasteiger partial charge in [-0.3, -0.25) is 19.2 Å². The summed E-state index contributed by atoms with van der Waals surface area (Å²) in [5.74, 6) is -4.46. The van der Waals surface area contributed by atoms with Crippen LogP contribution in [0.25, 0.3) is 0 Å². The zero-order chi connectivity index (χ0) is 27.6. The van der Waals surface area contributed by atoms with E-state index in [4.69, 9.17) is 9.47 Å². The van der Waals surface area contributed by atoms with Crippen molar-refractivity contribution < 1.29 is 42.5 Å². The number of aliphatic hydroxyl groups is 1. The molecule has 5 rings (SSSR count). The van der Waals surface area contributed by atoms with Crippen LogP contribution >= 0.6 is 11.8 Å². The largest absolute Gasteiger partial charge is 0.465 e. The molecule has 0 aromatic rings. The van der Waals surface area contributed by atoms with E-state index in [0.717, 1.165) is 31.4 Å². The van der Waals surface area contributed by atoms with Gasteiger partial charge in [-0.05, 0) is 68.9 Å². The van der Waals surface area contributed by atoms with Crippen molar-refractivity contribution in [2.24, 2.45) is 28.6 Å². The highest BCUT2D eigenvalue weighted by atomic mass is 32.2. The molecule has 1 N–H and O–H groups in total. The number of cyclic esters (lactones) is 1. The van der Waals surface area contributed by atoms with Gasteiger partial charge >= 0.3 is 11.9 Å². The van der Waals surface area contributed by atoms with Gasteiger partial charge in [0.15, 0.2) is 5.78 Å². The summed E-state index contributed by atoms with van der Waals surface area (Å²) in [5, 5.41) is 8.98. The Kier molecular flexibility index (Phi) is 6.90. The molecule has 1 aliphatic heterocycles. The van der Waals surface area contributed by atoms with Crippen LogP contribution in [-0.4, -0.2) is 57.7 Å². The predicted octanol–water partition coefficient (Wildman–Crippen LogP) is 4.17. The summed E-state index contributed by atoms with van der Waals surface area (Å²) in [6.45, 7) is 5.11. The number of hydrogen-bond acceptors (Lipinski definition) is 8. The van der Waals surface area contributed by atoms with Crippen molar-refractivity contribution in [3.8, 4) is 0 Å². The highest BCUT2D eigenvalue weighted by Crippen LogP contribution is 2.69. The highest BCUT2D eigenvalue weighted by molar-refractivity contribution is 8.14. The highest BCUT2D eigenvalue weighted by Gasteiger charge is 2.69. The topological polar surface area (TPSA) is 107 Å². The third-order valence-electron chi connectivity index (χ3n) is 10.0. The molecule has 4 fully saturated rings. The number of esters is 2. The third kappa shape index (κ3) is 4.08. The molecule has 0 spiro atoms.